The van der Waals surface area contributed by atoms with Crippen molar-refractivity contribution in [3.05, 3.63) is 22.7 Å². The quantitative estimate of drug-likeness (QED) is 0.463. The summed E-state index contributed by atoms with van der Waals surface area (Å²) < 4.78 is 5.25. The fourth-order valence-corrected chi connectivity index (χ4v) is 3.16. The van der Waals surface area contributed by atoms with Crippen molar-refractivity contribution in [2.24, 2.45) is 5.92 Å². The molecule has 0 atom stereocenters. The maximum Gasteiger partial charge on any atom is 0.166 e. The summed E-state index contributed by atoms with van der Waals surface area (Å²) in [6, 6.07) is 3.23. The summed E-state index contributed by atoms with van der Waals surface area (Å²) in [5, 5.41) is 0.400. The van der Waals surface area contributed by atoms with Crippen molar-refractivity contribution in [3.8, 4) is 5.75 Å². The molecule has 1 aromatic rings. The van der Waals surface area contributed by atoms with Gasteiger partial charge in [-0.1, -0.05) is 18.5 Å². The molecule has 1 aliphatic heterocycles. The number of benzene rings is 1. The molecule has 2 N–H and O–H groups in total. The number of nitrogens with two attached hydrogens (primary N) is 1. The van der Waals surface area contributed by atoms with Gasteiger partial charge in [0.05, 0.1) is 23.4 Å². The predicted molar refractivity (Wildman–Crippen MR) is 95.4 cm³/mol. The van der Waals surface area contributed by atoms with Crippen molar-refractivity contribution in [1.29, 1.82) is 0 Å². The zero-order valence-corrected chi connectivity index (χ0v) is 14.9. The van der Waals surface area contributed by atoms with Gasteiger partial charge in [0, 0.05) is 12.5 Å². The predicted octanol–water partition coefficient (Wildman–Crippen LogP) is 4.02. The molecule has 23 heavy (non-hydrogen) atoms. The van der Waals surface area contributed by atoms with Gasteiger partial charge in [0.15, 0.2) is 5.78 Å². The number of hydrogen-bond donors (Lipinski definition) is 1. The van der Waals surface area contributed by atoms with Gasteiger partial charge in [-0.3, -0.25) is 4.79 Å². The molecule has 1 saturated heterocycles. The number of halogens is 1. The van der Waals surface area contributed by atoms with Crippen LogP contribution in [0.4, 0.5) is 5.69 Å². The van der Waals surface area contributed by atoms with Crippen LogP contribution in [0, 0.1) is 5.92 Å². The summed E-state index contributed by atoms with van der Waals surface area (Å²) in [6.07, 6.45) is 5.03. The Morgan fingerprint density at radius 3 is 2.70 bits per heavy atom. The van der Waals surface area contributed by atoms with Gasteiger partial charge in [0.1, 0.15) is 5.75 Å². The van der Waals surface area contributed by atoms with E-state index in [0.29, 0.717) is 28.4 Å². The van der Waals surface area contributed by atoms with E-state index < -0.39 is 0 Å². The lowest BCUT2D eigenvalue weighted by Crippen LogP contribution is -2.33. The highest BCUT2D eigenvalue weighted by Crippen LogP contribution is 2.30. The van der Waals surface area contributed by atoms with E-state index in [4.69, 9.17) is 22.1 Å². The van der Waals surface area contributed by atoms with E-state index in [2.05, 4.69) is 11.8 Å². The van der Waals surface area contributed by atoms with Crippen LogP contribution in [0.15, 0.2) is 12.1 Å². The Hall–Kier alpha value is -1.26. The molecule has 1 fully saturated rings. The Bertz CT molecular complexity index is 540. The van der Waals surface area contributed by atoms with Gasteiger partial charge in [0.2, 0.25) is 0 Å². The molecule has 5 heteroatoms. The molecule has 0 bridgehead atoms. The fraction of sp³-hybridized carbons (Fsp3) is 0.611. The van der Waals surface area contributed by atoms with Crippen LogP contribution in [0.1, 0.15) is 49.4 Å². The molecule has 128 valence electrons. The maximum atomic E-state index is 12.4. The minimum absolute atomic E-state index is 0.0658. The molecule has 1 aromatic carbocycles. The van der Waals surface area contributed by atoms with E-state index in [1.165, 1.54) is 33.0 Å². The lowest BCUT2D eigenvalue weighted by molar-refractivity contribution is 0.0974. The van der Waals surface area contributed by atoms with Crippen molar-refractivity contribution < 1.29 is 9.53 Å². The standard InChI is InChI=1S/C18H27ClN2O2/c1-13-6-9-21(10-7-13)8-4-3-5-17(22)14-11-15(19)16(20)12-18(14)23-2/h11-13H,3-10,20H2,1-2H3. The molecule has 4 nitrogen and oxygen atoms in total. The Kier molecular flexibility index (Phi) is 6.72. The molecule has 0 aromatic heterocycles. The van der Waals surface area contributed by atoms with Gasteiger partial charge in [-0.25, -0.2) is 0 Å². The number of hydrogen-bond acceptors (Lipinski definition) is 4. The van der Waals surface area contributed by atoms with Crippen LogP contribution in [0.2, 0.25) is 5.02 Å². The number of carbonyl (C=O) groups excluding carboxylic acids is 1. The third-order valence-corrected chi connectivity index (χ3v) is 4.95. The number of carbonyl (C=O) groups is 1. The van der Waals surface area contributed by atoms with Crippen molar-refractivity contribution in [2.45, 2.75) is 39.0 Å². The number of nitrogen functional groups attached to an aromatic ring is 1. The van der Waals surface area contributed by atoms with Crippen molar-refractivity contribution in [3.63, 3.8) is 0 Å². The van der Waals surface area contributed by atoms with Gasteiger partial charge in [-0.2, -0.15) is 0 Å². The third kappa shape index (κ3) is 5.11. The van der Waals surface area contributed by atoms with Crippen LogP contribution in [0.5, 0.6) is 5.75 Å². The highest BCUT2D eigenvalue weighted by Gasteiger charge is 2.17. The lowest BCUT2D eigenvalue weighted by atomic mass is 9.99. The van der Waals surface area contributed by atoms with Gasteiger partial charge >= 0.3 is 0 Å². The summed E-state index contributed by atoms with van der Waals surface area (Å²) >= 11 is 6.02. The molecule has 0 spiro atoms. The zero-order chi connectivity index (χ0) is 16.8. The van der Waals surface area contributed by atoms with Gasteiger partial charge in [-0.05, 0) is 57.3 Å². The first-order valence-corrected chi connectivity index (χ1v) is 8.77. The minimum Gasteiger partial charge on any atom is -0.496 e. The van der Waals surface area contributed by atoms with E-state index in [1.54, 1.807) is 12.1 Å². The van der Waals surface area contributed by atoms with E-state index in [9.17, 15) is 4.79 Å². The van der Waals surface area contributed by atoms with Crippen molar-refractivity contribution in [1.82, 2.24) is 4.90 Å². The first-order valence-electron chi connectivity index (χ1n) is 8.39. The Morgan fingerprint density at radius 2 is 2.04 bits per heavy atom. The molecular formula is C18H27ClN2O2. The fourth-order valence-electron chi connectivity index (χ4n) is 3.00. The largest absolute Gasteiger partial charge is 0.496 e. The summed E-state index contributed by atoms with van der Waals surface area (Å²) in [5.41, 5.74) is 6.71. The average Bonchev–Trinajstić information content (AvgIpc) is 2.55. The van der Waals surface area contributed by atoms with E-state index in [0.717, 1.165) is 25.3 Å². The summed E-state index contributed by atoms with van der Waals surface area (Å²) in [6.45, 7) is 5.79. The molecule has 0 saturated carbocycles. The number of piperidine rings is 1. The SMILES string of the molecule is COc1cc(N)c(Cl)cc1C(=O)CCCCN1CCC(C)CC1. The summed E-state index contributed by atoms with van der Waals surface area (Å²) in [4.78, 5) is 14.9. The molecule has 0 aliphatic carbocycles. The Labute approximate surface area is 143 Å². The lowest BCUT2D eigenvalue weighted by Gasteiger charge is -2.30. The molecule has 0 unspecified atom stereocenters. The number of unbranched alkanes of at least 4 members (excludes halogenated alkanes) is 1. The highest BCUT2D eigenvalue weighted by atomic mass is 35.5. The van der Waals surface area contributed by atoms with Crippen LogP contribution < -0.4 is 10.5 Å². The second-order valence-electron chi connectivity index (χ2n) is 6.48. The number of rotatable bonds is 7. The third-order valence-electron chi connectivity index (χ3n) is 4.62. The molecule has 0 radical (unpaired) electrons. The van der Waals surface area contributed by atoms with E-state index >= 15 is 0 Å². The van der Waals surface area contributed by atoms with Crippen LogP contribution in [0.25, 0.3) is 0 Å². The first kappa shape index (κ1) is 18.1. The van der Waals surface area contributed by atoms with Crippen LogP contribution >= 0.6 is 11.6 Å². The van der Waals surface area contributed by atoms with Crippen molar-refractivity contribution >= 4 is 23.1 Å². The Morgan fingerprint density at radius 1 is 1.35 bits per heavy atom. The second kappa shape index (κ2) is 8.55. The van der Waals surface area contributed by atoms with Crippen LogP contribution in [-0.4, -0.2) is 37.4 Å². The normalized spacial score (nSPS) is 16.5. The number of ketones is 1. The molecule has 1 aliphatic rings. The second-order valence-corrected chi connectivity index (χ2v) is 6.89. The number of likely N-dealkylation sites (tertiary alicyclic amines) is 1. The smallest absolute Gasteiger partial charge is 0.166 e. The highest BCUT2D eigenvalue weighted by molar-refractivity contribution is 6.33. The monoisotopic (exact) mass is 338 g/mol. The average molecular weight is 339 g/mol. The summed E-state index contributed by atoms with van der Waals surface area (Å²) in [7, 11) is 1.54. The van der Waals surface area contributed by atoms with Crippen LogP contribution in [0.3, 0.4) is 0 Å². The number of methoxy groups -OCH3 is 1. The number of anilines is 1. The minimum atomic E-state index is 0.0658. The first-order chi connectivity index (χ1) is 11.0. The maximum absolute atomic E-state index is 12.4. The Balaban J connectivity index is 1.80. The summed E-state index contributed by atoms with van der Waals surface area (Å²) in [5.74, 6) is 1.42. The molecule has 1 heterocycles. The van der Waals surface area contributed by atoms with Crippen molar-refractivity contribution in [2.75, 3.05) is 32.5 Å². The van der Waals surface area contributed by atoms with Crippen LogP contribution in [-0.2, 0) is 0 Å². The topological polar surface area (TPSA) is 55.6 Å². The van der Waals surface area contributed by atoms with E-state index in [-0.39, 0.29) is 5.78 Å². The zero-order valence-electron chi connectivity index (χ0n) is 14.1. The molecular weight excluding hydrogens is 312 g/mol. The molecule has 2 rings (SSSR count). The van der Waals surface area contributed by atoms with Gasteiger partial charge in [0.25, 0.3) is 0 Å². The molecule has 0 amide bonds. The van der Waals surface area contributed by atoms with E-state index in [1.807, 2.05) is 0 Å². The number of ether oxygens (including phenoxy) is 1. The number of nitrogens with zero attached hydrogens (tertiary/aromatic N) is 1. The van der Waals surface area contributed by atoms with Gasteiger partial charge < -0.3 is 15.4 Å². The number of Topliss-reactive ketones (excluding diaryl/α,β-unsaturated/α-hetero) is 1. The van der Waals surface area contributed by atoms with Gasteiger partial charge in [-0.15, -0.1) is 0 Å².